The van der Waals surface area contributed by atoms with Crippen LogP contribution in [0.25, 0.3) is 10.8 Å². The van der Waals surface area contributed by atoms with Gasteiger partial charge in [0.1, 0.15) is 6.04 Å². The van der Waals surface area contributed by atoms with E-state index < -0.39 is 27.9 Å². The number of hydrogen-bond acceptors (Lipinski definition) is 7. The van der Waals surface area contributed by atoms with Crippen LogP contribution in [0, 0.1) is 5.92 Å². The average molecular weight is 585 g/mol. The number of piperazine rings is 1. The third-order valence-electron chi connectivity index (χ3n) is 7.61. The fraction of sp³-hybridized carbons (Fsp3) is 0.414. The molecule has 0 aliphatic carbocycles. The highest BCUT2D eigenvalue weighted by atomic mass is 35.5. The van der Waals surface area contributed by atoms with Crippen molar-refractivity contribution in [3.63, 3.8) is 0 Å². The predicted octanol–water partition coefficient (Wildman–Crippen LogP) is 3.96. The van der Waals surface area contributed by atoms with Crippen molar-refractivity contribution >= 4 is 50.0 Å². The Balaban J connectivity index is 1.33. The van der Waals surface area contributed by atoms with Crippen LogP contribution in [0.2, 0.25) is 5.02 Å². The molecule has 3 aromatic rings. The average Bonchev–Trinajstić information content (AvgIpc) is 2.97. The quantitative estimate of drug-likeness (QED) is 0.370. The Hall–Kier alpha value is -3.21. The molecule has 0 radical (unpaired) electrons. The zero-order valence-electron chi connectivity index (χ0n) is 22.4. The molecule has 212 valence electrons. The Labute approximate surface area is 239 Å². The highest BCUT2D eigenvalue weighted by molar-refractivity contribution is 7.89. The number of ether oxygens (including phenoxy) is 1. The lowest BCUT2D eigenvalue weighted by atomic mass is 9.94. The SMILES string of the molecule is CCCOC(=O)[C@H]1CN(S(=O)(=O)c2ccc3cc(Cl)ccc3c2)CC(=O)N1CC1CCN(c2ccncc2)CC1. The fourth-order valence-electron chi connectivity index (χ4n) is 5.40. The van der Waals surface area contributed by atoms with Crippen molar-refractivity contribution in [1.29, 1.82) is 0 Å². The molecule has 1 amide bonds. The van der Waals surface area contributed by atoms with Gasteiger partial charge in [-0.2, -0.15) is 4.31 Å². The minimum absolute atomic E-state index is 0.0627. The molecule has 2 saturated heterocycles. The maximum Gasteiger partial charge on any atom is 0.330 e. The Morgan fingerprint density at radius 3 is 2.48 bits per heavy atom. The van der Waals surface area contributed by atoms with Gasteiger partial charge in [-0.25, -0.2) is 13.2 Å². The number of rotatable bonds is 8. The first-order valence-electron chi connectivity index (χ1n) is 13.6. The minimum Gasteiger partial charge on any atom is -0.464 e. The summed E-state index contributed by atoms with van der Waals surface area (Å²) in [6.07, 6.45) is 5.88. The first kappa shape index (κ1) is 28.3. The first-order chi connectivity index (χ1) is 19.3. The van der Waals surface area contributed by atoms with Gasteiger partial charge in [0.25, 0.3) is 0 Å². The summed E-state index contributed by atoms with van der Waals surface area (Å²) in [5.74, 6) is -0.770. The first-order valence-corrected chi connectivity index (χ1v) is 15.4. The number of nitrogens with zero attached hydrogens (tertiary/aromatic N) is 4. The van der Waals surface area contributed by atoms with Crippen LogP contribution in [0.15, 0.2) is 65.8 Å². The largest absolute Gasteiger partial charge is 0.464 e. The molecule has 5 rings (SSSR count). The van der Waals surface area contributed by atoms with E-state index in [-0.39, 0.29) is 30.5 Å². The van der Waals surface area contributed by atoms with Gasteiger partial charge < -0.3 is 14.5 Å². The number of piperidine rings is 1. The van der Waals surface area contributed by atoms with Gasteiger partial charge >= 0.3 is 5.97 Å². The fourth-order valence-corrected chi connectivity index (χ4v) is 7.01. The predicted molar refractivity (Wildman–Crippen MR) is 154 cm³/mol. The van der Waals surface area contributed by atoms with Gasteiger partial charge in [0.15, 0.2) is 0 Å². The lowest BCUT2D eigenvalue weighted by Crippen LogP contribution is -2.61. The van der Waals surface area contributed by atoms with Crippen LogP contribution in [-0.4, -0.2) is 79.9 Å². The summed E-state index contributed by atoms with van der Waals surface area (Å²) in [5.41, 5.74) is 1.11. The van der Waals surface area contributed by atoms with Gasteiger partial charge in [0.05, 0.1) is 18.0 Å². The van der Waals surface area contributed by atoms with Gasteiger partial charge in [-0.15, -0.1) is 0 Å². The molecular formula is C29H33ClN4O5S. The molecule has 11 heteroatoms. The molecule has 0 unspecified atom stereocenters. The van der Waals surface area contributed by atoms with E-state index in [1.165, 1.54) is 6.07 Å². The number of esters is 1. The molecule has 2 fully saturated rings. The number of hydrogen-bond donors (Lipinski definition) is 0. The Morgan fingerprint density at radius 1 is 1.05 bits per heavy atom. The standard InChI is InChI=1S/C29H33ClN4O5S/c1-2-15-39-29(36)27-19-33(40(37,38)26-6-4-22-16-24(30)5-3-23(22)17-26)20-28(35)34(27)18-21-9-13-32(14-10-21)25-7-11-31-12-8-25/h3-8,11-12,16-17,21,27H,2,9-10,13-15,18-20H2,1H3/t27-/m1/s1. The van der Waals surface area contributed by atoms with E-state index in [4.69, 9.17) is 16.3 Å². The number of fused-ring (bicyclic) bond motifs is 1. The van der Waals surface area contributed by atoms with Gasteiger partial charge in [-0.05, 0) is 72.4 Å². The molecule has 2 aromatic carbocycles. The second-order valence-electron chi connectivity index (χ2n) is 10.3. The van der Waals surface area contributed by atoms with E-state index in [0.29, 0.717) is 23.4 Å². The highest BCUT2D eigenvalue weighted by Gasteiger charge is 2.43. The number of sulfonamides is 1. The van der Waals surface area contributed by atoms with Crippen LogP contribution in [-0.2, 0) is 24.3 Å². The molecule has 3 heterocycles. The lowest BCUT2D eigenvalue weighted by Gasteiger charge is -2.42. The van der Waals surface area contributed by atoms with Crippen molar-refractivity contribution in [1.82, 2.24) is 14.2 Å². The van der Waals surface area contributed by atoms with Crippen LogP contribution < -0.4 is 4.90 Å². The minimum atomic E-state index is -4.04. The van der Waals surface area contributed by atoms with Gasteiger partial charge in [-0.1, -0.05) is 30.7 Å². The number of amides is 1. The van der Waals surface area contributed by atoms with Gasteiger partial charge in [0, 0.05) is 49.3 Å². The lowest BCUT2D eigenvalue weighted by molar-refractivity contribution is -0.159. The summed E-state index contributed by atoms with van der Waals surface area (Å²) in [6, 6.07) is 12.9. The topological polar surface area (TPSA) is 100 Å². The molecule has 0 bridgehead atoms. The zero-order chi connectivity index (χ0) is 28.3. The van der Waals surface area contributed by atoms with Crippen molar-refractivity contribution in [3.8, 4) is 0 Å². The second-order valence-corrected chi connectivity index (χ2v) is 12.7. The van der Waals surface area contributed by atoms with E-state index >= 15 is 0 Å². The number of pyridine rings is 1. The maximum absolute atomic E-state index is 13.7. The summed E-state index contributed by atoms with van der Waals surface area (Å²) in [5, 5.41) is 2.08. The molecular weight excluding hydrogens is 552 g/mol. The zero-order valence-corrected chi connectivity index (χ0v) is 24.0. The third kappa shape index (κ3) is 6.09. The number of anilines is 1. The summed E-state index contributed by atoms with van der Waals surface area (Å²) >= 11 is 6.07. The second kappa shape index (κ2) is 12.1. The molecule has 1 aromatic heterocycles. The number of benzene rings is 2. The maximum atomic E-state index is 13.7. The number of halogens is 1. The third-order valence-corrected chi connectivity index (χ3v) is 9.66. The van der Waals surface area contributed by atoms with Crippen LogP contribution in [0.4, 0.5) is 5.69 Å². The Bertz CT molecular complexity index is 1480. The molecule has 2 aliphatic rings. The van der Waals surface area contributed by atoms with Crippen molar-refractivity contribution in [3.05, 3.63) is 65.9 Å². The molecule has 1 atom stereocenters. The summed E-state index contributed by atoms with van der Waals surface area (Å²) in [7, 11) is -4.04. The number of carbonyl (C=O) groups is 2. The van der Waals surface area contributed by atoms with Crippen LogP contribution >= 0.6 is 11.6 Å². The molecule has 0 spiro atoms. The van der Waals surface area contributed by atoms with Crippen LogP contribution in [0.1, 0.15) is 26.2 Å². The van der Waals surface area contributed by atoms with E-state index in [9.17, 15) is 18.0 Å². The molecule has 2 aliphatic heterocycles. The van der Waals surface area contributed by atoms with Crippen molar-refractivity contribution in [2.24, 2.45) is 5.92 Å². The van der Waals surface area contributed by atoms with E-state index in [0.717, 1.165) is 41.3 Å². The van der Waals surface area contributed by atoms with E-state index in [2.05, 4.69) is 9.88 Å². The van der Waals surface area contributed by atoms with Crippen LogP contribution in [0.5, 0.6) is 0 Å². The summed E-state index contributed by atoms with van der Waals surface area (Å²) < 4.78 is 33.9. The van der Waals surface area contributed by atoms with E-state index in [1.807, 2.05) is 19.1 Å². The number of carbonyl (C=O) groups excluding carboxylic acids is 2. The summed E-state index contributed by atoms with van der Waals surface area (Å²) in [6.45, 7) is 3.67. The smallest absolute Gasteiger partial charge is 0.330 e. The monoisotopic (exact) mass is 584 g/mol. The number of aromatic nitrogens is 1. The molecule has 0 saturated carbocycles. The van der Waals surface area contributed by atoms with Crippen molar-refractivity contribution in [2.45, 2.75) is 37.1 Å². The summed E-state index contributed by atoms with van der Waals surface area (Å²) in [4.78, 5) is 34.6. The van der Waals surface area contributed by atoms with Crippen molar-refractivity contribution in [2.75, 3.05) is 44.2 Å². The molecule has 0 N–H and O–H groups in total. The van der Waals surface area contributed by atoms with Gasteiger partial charge in [-0.3, -0.25) is 9.78 Å². The van der Waals surface area contributed by atoms with E-state index in [1.54, 1.807) is 47.6 Å². The van der Waals surface area contributed by atoms with Crippen molar-refractivity contribution < 1.29 is 22.7 Å². The highest BCUT2D eigenvalue weighted by Crippen LogP contribution is 2.29. The molecule has 9 nitrogen and oxygen atoms in total. The normalized spacial score (nSPS) is 19.2. The van der Waals surface area contributed by atoms with Gasteiger partial charge in [0.2, 0.25) is 15.9 Å². The Kier molecular flexibility index (Phi) is 8.58. The Morgan fingerprint density at radius 2 is 1.75 bits per heavy atom. The van der Waals surface area contributed by atoms with Crippen LogP contribution in [0.3, 0.4) is 0 Å². The molecule has 40 heavy (non-hydrogen) atoms.